The zero-order valence-electron chi connectivity index (χ0n) is 14.3. The summed E-state index contributed by atoms with van der Waals surface area (Å²) in [6, 6.07) is 14.0. The van der Waals surface area contributed by atoms with Crippen LogP contribution in [0.25, 0.3) is 0 Å². The second-order valence-electron chi connectivity index (χ2n) is 5.90. The highest BCUT2D eigenvalue weighted by molar-refractivity contribution is 5.95. The van der Waals surface area contributed by atoms with E-state index < -0.39 is 0 Å². The van der Waals surface area contributed by atoms with Crippen molar-refractivity contribution in [3.8, 4) is 5.75 Å². The van der Waals surface area contributed by atoms with Gasteiger partial charge < -0.3 is 20.7 Å². The van der Waals surface area contributed by atoms with Crippen LogP contribution in [0, 0.1) is 0 Å². The molecule has 0 saturated heterocycles. The number of rotatable bonds is 5. The molecule has 0 fully saturated rings. The first-order chi connectivity index (χ1) is 12.7. The Kier molecular flexibility index (Phi) is 5.53. The van der Waals surface area contributed by atoms with Crippen LogP contribution in [0.3, 0.4) is 0 Å². The lowest BCUT2D eigenvalue weighted by molar-refractivity contribution is 0.0958. The van der Waals surface area contributed by atoms with Crippen molar-refractivity contribution >= 4 is 17.6 Å². The van der Waals surface area contributed by atoms with Gasteiger partial charge in [0, 0.05) is 29.8 Å². The van der Waals surface area contributed by atoms with E-state index >= 15 is 0 Å². The van der Waals surface area contributed by atoms with Crippen molar-refractivity contribution in [2.45, 2.75) is 12.5 Å². The molecular weight excluding hydrogens is 330 g/mol. The van der Waals surface area contributed by atoms with Crippen molar-refractivity contribution in [1.82, 2.24) is 10.6 Å². The summed E-state index contributed by atoms with van der Waals surface area (Å²) in [5.74, 6) is 0.624. The molecular formula is C20H21N3O3. The van der Waals surface area contributed by atoms with E-state index in [1.54, 1.807) is 30.3 Å². The predicted molar refractivity (Wildman–Crippen MR) is 100 cm³/mol. The molecule has 1 heterocycles. The lowest BCUT2D eigenvalue weighted by Crippen LogP contribution is -2.35. The number of hydrogen-bond acceptors (Lipinski definition) is 3. The molecule has 1 atom stereocenters. The highest BCUT2D eigenvalue weighted by Crippen LogP contribution is 2.31. The SMILES string of the molecule is C=CCNC(=O)c1ccc(NC(=O)N[C@@H]2CCOc3ccccc32)cc1. The number of ether oxygens (including phenoxy) is 1. The van der Waals surface area contributed by atoms with Crippen LogP contribution in [0.1, 0.15) is 28.4 Å². The molecule has 26 heavy (non-hydrogen) atoms. The Labute approximate surface area is 152 Å². The number of amides is 3. The van der Waals surface area contributed by atoms with Gasteiger partial charge in [0.2, 0.25) is 0 Å². The zero-order valence-corrected chi connectivity index (χ0v) is 14.3. The first-order valence-corrected chi connectivity index (χ1v) is 8.46. The Morgan fingerprint density at radius 3 is 2.69 bits per heavy atom. The van der Waals surface area contributed by atoms with E-state index in [-0.39, 0.29) is 18.0 Å². The maximum Gasteiger partial charge on any atom is 0.319 e. The van der Waals surface area contributed by atoms with Crippen LogP contribution in [0.2, 0.25) is 0 Å². The van der Waals surface area contributed by atoms with Crippen LogP contribution in [-0.2, 0) is 0 Å². The number of fused-ring (bicyclic) bond motifs is 1. The summed E-state index contributed by atoms with van der Waals surface area (Å²) in [6.07, 6.45) is 2.33. The molecule has 1 aliphatic rings. The largest absolute Gasteiger partial charge is 0.493 e. The van der Waals surface area contributed by atoms with E-state index in [1.165, 1.54) is 0 Å². The van der Waals surface area contributed by atoms with E-state index in [0.29, 0.717) is 30.8 Å². The first-order valence-electron chi connectivity index (χ1n) is 8.46. The van der Waals surface area contributed by atoms with E-state index in [0.717, 1.165) is 11.3 Å². The molecule has 0 bridgehead atoms. The number of carbonyl (C=O) groups excluding carboxylic acids is 2. The molecule has 6 nitrogen and oxygen atoms in total. The molecule has 0 spiro atoms. The summed E-state index contributed by atoms with van der Waals surface area (Å²) in [6.45, 7) is 4.53. The van der Waals surface area contributed by atoms with Gasteiger partial charge >= 0.3 is 6.03 Å². The van der Waals surface area contributed by atoms with Crippen LogP contribution in [0.4, 0.5) is 10.5 Å². The number of urea groups is 1. The third-order valence-corrected chi connectivity index (χ3v) is 4.08. The van der Waals surface area contributed by atoms with E-state index in [9.17, 15) is 9.59 Å². The van der Waals surface area contributed by atoms with E-state index in [1.807, 2.05) is 24.3 Å². The second kappa shape index (κ2) is 8.20. The second-order valence-corrected chi connectivity index (χ2v) is 5.90. The van der Waals surface area contributed by atoms with E-state index in [2.05, 4.69) is 22.5 Å². The molecule has 0 unspecified atom stereocenters. The maximum atomic E-state index is 12.3. The van der Waals surface area contributed by atoms with Gasteiger partial charge in [0.05, 0.1) is 12.6 Å². The van der Waals surface area contributed by atoms with Crippen LogP contribution in [0.5, 0.6) is 5.75 Å². The molecule has 3 N–H and O–H groups in total. The highest BCUT2D eigenvalue weighted by atomic mass is 16.5. The van der Waals surface area contributed by atoms with Crippen molar-refractivity contribution in [2.75, 3.05) is 18.5 Å². The minimum atomic E-state index is -0.296. The quantitative estimate of drug-likeness (QED) is 0.724. The normalized spacial score (nSPS) is 15.2. The number of hydrogen-bond donors (Lipinski definition) is 3. The van der Waals surface area contributed by atoms with Gasteiger partial charge in [0.25, 0.3) is 5.91 Å². The summed E-state index contributed by atoms with van der Waals surface area (Å²) in [5.41, 5.74) is 2.11. The predicted octanol–water partition coefficient (Wildman–Crippen LogP) is 3.25. The topological polar surface area (TPSA) is 79.5 Å². The van der Waals surface area contributed by atoms with Crippen molar-refractivity contribution in [2.24, 2.45) is 0 Å². The summed E-state index contributed by atoms with van der Waals surface area (Å²) >= 11 is 0. The summed E-state index contributed by atoms with van der Waals surface area (Å²) in [5, 5.41) is 8.46. The molecule has 3 rings (SSSR count). The standard InChI is InChI=1S/C20H21N3O3/c1-2-12-21-19(24)14-7-9-15(10-8-14)22-20(25)23-17-11-13-26-18-6-4-3-5-16(17)18/h2-10,17H,1,11-13H2,(H,21,24)(H2,22,23,25)/t17-/m1/s1. The van der Waals surface area contributed by atoms with Crippen LogP contribution >= 0.6 is 0 Å². The van der Waals surface area contributed by atoms with Gasteiger partial charge in [-0.3, -0.25) is 4.79 Å². The molecule has 3 amide bonds. The van der Waals surface area contributed by atoms with Gasteiger partial charge in [-0.2, -0.15) is 0 Å². The van der Waals surface area contributed by atoms with Gasteiger partial charge in [-0.1, -0.05) is 24.3 Å². The van der Waals surface area contributed by atoms with Crippen LogP contribution in [-0.4, -0.2) is 25.1 Å². The van der Waals surface area contributed by atoms with Crippen LogP contribution in [0.15, 0.2) is 61.2 Å². The van der Waals surface area contributed by atoms with Gasteiger partial charge in [0.15, 0.2) is 0 Å². The highest BCUT2D eigenvalue weighted by Gasteiger charge is 2.22. The molecule has 0 aliphatic carbocycles. The molecule has 6 heteroatoms. The number of anilines is 1. The van der Waals surface area contributed by atoms with Crippen LogP contribution < -0.4 is 20.7 Å². The van der Waals surface area contributed by atoms with Gasteiger partial charge in [0.1, 0.15) is 5.75 Å². The van der Waals surface area contributed by atoms with Gasteiger partial charge in [-0.05, 0) is 30.3 Å². The Balaban J connectivity index is 1.59. The minimum absolute atomic E-state index is 0.0936. The Morgan fingerprint density at radius 2 is 1.92 bits per heavy atom. The summed E-state index contributed by atoms with van der Waals surface area (Å²) in [7, 11) is 0. The van der Waals surface area contributed by atoms with Crippen molar-refractivity contribution in [3.63, 3.8) is 0 Å². The van der Waals surface area contributed by atoms with E-state index in [4.69, 9.17) is 4.74 Å². The lowest BCUT2D eigenvalue weighted by Gasteiger charge is -2.26. The number of benzene rings is 2. The summed E-state index contributed by atoms with van der Waals surface area (Å²) in [4.78, 5) is 24.1. The number of carbonyl (C=O) groups is 2. The molecule has 1 aliphatic heterocycles. The Hall–Kier alpha value is -3.28. The third kappa shape index (κ3) is 4.22. The molecule has 0 radical (unpaired) electrons. The fraction of sp³-hybridized carbons (Fsp3) is 0.200. The maximum absolute atomic E-state index is 12.3. The average Bonchev–Trinajstić information content (AvgIpc) is 2.67. The summed E-state index contributed by atoms with van der Waals surface area (Å²) < 4.78 is 5.60. The molecule has 134 valence electrons. The van der Waals surface area contributed by atoms with Crippen molar-refractivity contribution in [3.05, 3.63) is 72.3 Å². The fourth-order valence-electron chi connectivity index (χ4n) is 2.79. The first kappa shape index (κ1) is 17.5. The van der Waals surface area contributed by atoms with Crippen molar-refractivity contribution < 1.29 is 14.3 Å². The van der Waals surface area contributed by atoms with Crippen molar-refractivity contribution in [1.29, 1.82) is 0 Å². The molecule has 0 saturated carbocycles. The minimum Gasteiger partial charge on any atom is -0.493 e. The zero-order chi connectivity index (χ0) is 18.4. The smallest absolute Gasteiger partial charge is 0.319 e. The van der Waals surface area contributed by atoms with Gasteiger partial charge in [-0.25, -0.2) is 4.79 Å². The average molecular weight is 351 g/mol. The number of nitrogens with one attached hydrogen (secondary N) is 3. The van der Waals surface area contributed by atoms with Gasteiger partial charge in [-0.15, -0.1) is 6.58 Å². The number of para-hydroxylation sites is 1. The molecule has 2 aromatic carbocycles. The Bertz CT molecular complexity index is 802. The fourth-order valence-corrected chi connectivity index (χ4v) is 2.79. The Morgan fingerprint density at radius 1 is 1.15 bits per heavy atom. The molecule has 2 aromatic rings. The third-order valence-electron chi connectivity index (χ3n) is 4.08. The monoisotopic (exact) mass is 351 g/mol. The lowest BCUT2D eigenvalue weighted by atomic mass is 10.0. The molecule has 0 aromatic heterocycles.